The van der Waals surface area contributed by atoms with Crippen LogP contribution in [0.1, 0.15) is 11.4 Å². The van der Waals surface area contributed by atoms with Crippen LogP contribution in [0.15, 0.2) is 36.7 Å². The Bertz CT molecular complexity index is 561. The van der Waals surface area contributed by atoms with Crippen molar-refractivity contribution in [1.29, 1.82) is 0 Å². The minimum absolute atomic E-state index is 0.233. The van der Waals surface area contributed by atoms with E-state index in [-0.39, 0.29) is 6.04 Å². The maximum atomic E-state index is 6.16. The van der Waals surface area contributed by atoms with Crippen LogP contribution < -0.4 is 10.6 Å². The monoisotopic (exact) mass is 256 g/mol. The van der Waals surface area contributed by atoms with E-state index < -0.39 is 0 Å². The Balaban J connectivity index is 1.76. The molecule has 1 aromatic heterocycles. The quantitative estimate of drug-likeness (QED) is 0.902. The summed E-state index contributed by atoms with van der Waals surface area (Å²) in [6.07, 6.45) is 5.77. The molecule has 1 aromatic carbocycles. The van der Waals surface area contributed by atoms with Crippen LogP contribution in [0.25, 0.3) is 0 Å². The van der Waals surface area contributed by atoms with E-state index in [1.54, 1.807) is 0 Å². The van der Waals surface area contributed by atoms with Gasteiger partial charge in [0.2, 0.25) is 0 Å². The van der Waals surface area contributed by atoms with Gasteiger partial charge >= 0.3 is 0 Å². The molecule has 2 heterocycles. The summed E-state index contributed by atoms with van der Waals surface area (Å²) in [6, 6.07) is 8.80. The van der Waals surface area contributed by atoms with E-state index in [4.69, 9.17) is 5.73 Å². The van der Waals surface area contributed by atoms with Crippen LogP contribution in [0.4, 0.5) is 5.69 Å². The number of para-hydroxylation sites is 1. The molecule has 100 valence electrons. The molecule has 3 rings (SSSR count). The molecule has 0 saturated carbocycles. The summed E-state index contributed by atoms with van der Waals surface area (Å²) in [5.74, 6) is 1.12. The zero-order valence-corrected chi connectivity index (χ0v) is 11.3. The molecule has 2 N–H and O–H groups in total. The molecule has 0 bridgehead atoms. The van der Waals surface area contributed by atoms with Crippen molar-refractivity contribution in [1.82, 2.24) is 9.55 Å². The van der Waals surface area contributed by atoms with E-state index >= 15 is 0 Å². The van der Waals surface area contributed by atoms with Crippen molar-refractivity contribution >= 4 is 5.69 Å². The average Bonchev–Trinajstić information content (AvgIpc) is 2.81. The fourth-order valence-corrected chi connectivity index (χ4v) is 2.80. The van der Waals surface area contributed by atoms with E-state index in [1.165, 1.54) is 11.3 Å². The predicted octanol–water partition coefficient (Wildman–Crippen LogP) is 1.35. The highest BCUT2D eigenvalue weighted by molar-refractivity contribution is 5.56. The van der Waals surface area contributed by atoms with E-state index in [0.29, 0.717) is 0 Å². The average molecular weight is 256 g/mol. The van der Waals surface area contributed by atoms with E-state index in [1.807, 2.05) is 19.4 Å². The molecule has 0 saturated heterocycles. The van der Waals surface area contributed by atoms with Crippen LogP contribution in [0.2, 0.25) is 0 Å². The number of nitrogens with zero attached hydrogens (tertiary/aromatic N) is 3. The molecule has 1 aliphatic rings. The van der Waals surface area contributed by atoms with Gasteiger partial charge in [-0.05, 0) is 18.1 Å². The third-order valence-corrected chi connectivity index (χ3v) is 3.80. The summed E-state index contributed by atoms with van der Waals surface area (Å²) < 4.78 is 2.08. The van der Waals surface area contributed by atoms with E-state index in [0.717, 1.165) is 31.8 Å². The maximum absolute atomic E-state index is 6.16. The van der Waals surface area contributed by atoms with Gasteiger partial charge < -0.3 is 15.2 Å². The fraction of sp³-hybridized carbons (Fsp3) is 0.400. The lowest BCUT2D eigenvalue weighted by Crippen LogP contribution is -2.44. The number of nitrogens with two attached hydrogens (primary N) is 1. The lowest BCUT2D eigenvalue weighted by molar-refractivity contribution is 0.592. The van der Waals surface area contributed by atoms with Gasteiger partial charge in [-0.2, -0.15) is 0 Å². The molecule has 0 spiro atoms. The lowest BCUT2D eigenvalue weighted by atomic mass is 9.98. The number of benzene rings is 1. The van der Waals surface area contributed by atoms with Crippen molar-refractivity contribution < 1.29 is 0 Å². The zero-order chi connectivity index (χ0) is 13.2. The van der Waals surface area contributed by atoms with Crippen molar-refractivity contribution in [3.05, 3.63) is 48.0 Å². The number of hydrogen-bond acceptors (Lipinski definition) is 3. The lowest BCUT2D eigenvalue weighted by Gasteiger charge is -2.34. The number of aromatic nitrogens is 2. The smallest absolute Gasteiger partial charge is 0.110 e. The third kappa shape index (κ3) is 2.49. The predicted molar refractivity (Wildman–Crippen MR) is 77.2 cm³/mol. The molecule has 0 aliphatic carbocycles. The van der Waals surface area contributed by atoms with Crippen LogP contribution in [0, 0.1) is 0 Å². The molecule has 4 nitrogen and oxygen atoms in total. The van der Waals surface area contributed by atoms with Gasteiger partial charge in [-0.25, -0.2) is 4.98 Å². The molecule has 0 fully saturated rings. The van der Waals surface area contributed by atoms with Crippen LogP contribution in [-0.4, -0.2) is 28.7 Å². The van der Waals surface area contributed by atoms with Crippen LogP contribution in [-0.2, 0) is 19.9 Å². The van der Waals surface area contributed by atoms with Gasteiger partial charge in [-0.15, -0.1) is 0 Å². The van der Waals surface area contributed by atoms with Gasteiger partial charge in [-0.3, -0.25) is 0 Å². The maximum Gasteiger partial charge on any atom is 0.110 e. The number of rotatable bonds is 3. The molecule has 1 atom stereocenters. The molecular formula is C15H20N4. The van der Waals surface area contributed by atoms with Crippen LogP contribution >= 0.6 is 0 Å². The first-order valence-electron chi connectivity index (χ1n) is 6.78. The second-order valence-corrected chi connectivity index (χ2v) is 5.24. The van der Waals surface area contributed by atoms with Crippen molar-refractivity contribution in [3.8, 4) is 0 Å². The minimum Gasteiger partial charge on any atom is -0.369 e. The number of imidazole rings is 1. The molecule has 2 aromatic rings. The highest BCUT2D eigenvalue weighted by Crippen LogP contribution is 2.26. The second kappa shape index (κ2) is 5.05. The topological polar surface area (TPSA) is 47.1 Å². The largest absolute Gasteiger partial charge is 0.369 e. The highest BCUT2D eigenvalue weighted by atomic mass is 15.2. The normalized spacial score (nSPS) is 18.4. The van der Waals surface area contributed by atoms with Gasteiger partial charge in [0.25, 0.3) is 0 Å². The van der Waals surface area contributed by atoms with Crippen molar-refractivity contribution in [2.45, 2.75) is 18.9 Å². The Morgan fingerprint density at radius 3 is 3.00 bits per heavy atom. The number of anilines is 1. The van der Waals surface area contributed by atoms with Crippen LogP contribution in [0.3, 0.4) is 0 Å². The fourth-order valence-electron chi connectivity index (χ4n) is 2.80. The summed E-state index contributed by atoms with van der Waals surface area (Å²) >= 11 is 0. The zero-order valence-electron chi connectivity index (χ0n) is 11.3. The standard InChI is InChI=1S/C15H20N4/c1-18-9-7-17-15(18)6-8-19-11-13(16)10-12-4-2-3-5-14(12)19/h2-5,7,9,13H,6,8,10-11,16H2,1H3. The van der Waals surface area contributed by atoms with Gasteiger partial charge in [0.15, 0.2) is 0 Å². The Hall–Kier alpha value is -1.81. The molecule has 0 amide bonds. The highest BCUT2D eigenvalue weighted by Gasteiger charge is 2.21. The molecule has 1 aliphatic heterocycles. The summed E-state index contributed by atoms with van der Waals surface area (Å²) in [6.45, 7) is 1.90. The Morgan fingerprint density at radius 2 is 2.21 bits per heavy atom. The summed E-state index contributed by atoms with van der Waals surface area (Å²) in [4.78, 5) is 6.77. The Morgan fingerprint density at radius 1 is 1.37 bits per heavy atom. The molecule has 1 unspecified atom stereocenters. The third-order valence-electron chi connectivity index (χ3n) is 3.80. The number of hydrogen-bond donors (Lipinski definition) is 1. The van der Waals surface area contributed by atoms with Crippen molar-refractivity contribution in [2.75, 3.05) is 18.0 Å². The molecule has 4 heteroatoms. The van der Waals surface area contributed by atoms with Crippen LogP contribution in [0.5, 0.6) is 0 Å². The molecular weight excluding hydrogens is 236 g/mol. The summed E-state index contributed by atoms with van der Waals surface area (Å²) in [7, 11) is 2.04. The first kappa shape index (κ1) is 12.2. The summed E-state index contributed by atoms with van der Waals surface area (Å²) in [5, 5.41) is 0. The summed E-state index contributed by atoms with van der Waals surface area (Å²) in [5.41, 5.74) is 8.85. The van der Waals surface area contributed by atoms with Crippen molar-refractivity contribution in [2.24, 2.45) is 12.8 Å². The van der Waals surface area contributed by atoms with Gasteiger partial charge in [-0.1, -0.05) is 18.2 Å². The Kier molecular flexibility index (Phi) is 3.25. The molecule has 0 radical (unpaired) electrons. The van der Waals surface area contributed by atoms with Crippen molar-refractivity contribution in [3.63, 3.8) is 0 Å². The van der Waals surface area contributed by atoms with E-state index in [9.17, 15) is 0 Å². The SMILES string of the molecule is Cn1ccnc1CCN1CC(N)Cc2ccccc21. The number of fused-ring (bicyclic) bond motifs is 1. The van der Waals surface area contributed by atoms with Gasteiger partial charge in [0.05, 0.1) is 0 Å². The Labute approximate surface area is 113 Å². The second-order valence-electron chi connectivity index (χ2n) is 5.24. The van der Waals surface area contributed by atoms with Gasteiger partial charge in [0.1, 0.15) is 5.82 Å². The van der Waals surface area contributed by atoms with Gasteiger partial charge in [0, 0.05) is 50.7 Å². The number of aryl methyl sites for hydroxylation is 1. The first-order chi connectivity index (χ1) is 9.24. The molecule has 19 heavy (non-hydrogen) atoms. The van der Waals surface area contributed by atoms with E-state index in [2.05, 4.69) is 38.7 Å². The first-order valence-corrected chi connectivity index (χ1v) is 6.78. The minimum atomic E-state index is 0.233.